The van der Waals surface area contributed by atoms with Crippen LogP contribution in [-0.4, -0.2) is 59.3 Å². The SMILES string of the molecule is O=C(Nc1cnn(CCN2CCOCC2)c1)C(=O)N[C@@H]1CCc2ccccc21. The number of ether oxygens (including phenoxy) is 1. The van der Waals surface area contributed by atoms with Gasteiger partial charge in [0, 0.05) is 25.8 Å². The topological polar surface area (TPSA) is 88.5 Å². The van der Waals surface area contributed by atoms with Crippen LogP contribution < -0.4 is 10.6 Å². The van der Waals surface area contributed by atoms with E-state index in [-0.39, 0.29) is 6.04 Å². The first-order chi connectivity index (χ1) is 13.7. The van der Waals surface area contributed by atoms with E-state index in [2.05, 4.69) is 26.7 Å². The Labute approximate surface area is 163 Å². The van der Waals surface area contributed by atoms with Gasteiger partial charge in [-0.2, -0.15) is 5.10 Å². The minimum atomic E-state index is -0.669. The number of anilines is 1. The lowest BCUT2D eigenvalue weighted by Gasteiger charge is -2.26. The molecule has 1 atom stereocenters. The minimum absolute atomic E-state index is 0.106. The molecule has 0 saturated carbocycles. The Morgan fingerprint density at radius 3 is 2.82 bits per heavy atom. The van der Waals surface area contributed by atoms with Crippen LogP contribution in [0.15, 0.2) is 36.7 Å². The molecule has 1 aromatic carbocycles. The lowest BCUT2D eigenvalue weighted by atomic mass is 10.1. The molecule has 2 aliphatic rings. The van der Waals surface area contributed by atoms with Crippen LogP contribution >= 0.6 is 0 Å². The van der Waals surface area contributed by atoms with Crippen molar-refractivity contribution in [1.29, 1.82) is 0 Å². The first-order valence-corrected chi connectivity index (χ1v) is 9.71. The van der Waals surface area contributed by atoms with E-state index in [0.29, 0.717) is 5.69 Å². The summed E-state index contributed by atoms with van der Waals surface area (Å²) in [6.07, 6.45) is 5.04. The highest BCUT2D eigenvalue weighted by Crippen LogP contribution is 2.30. The third kappa shape index (κ3) is 4.40. The molecule has 8 heteroatoms. The Bertz CT molecular complexity index is 844. The number of rotatable bonds is 5. The second-order valence-electron chi connectivity index (χ2n) is 7.16. The largest absolute Gasteiger partial charge is 0.379 e. The summed E-state index contributed by atoms with van der Waals surface area (Å²) in [7, 11) is 0. The smallest absolute Gasteiger partial charge is 0.313 e. The monoisotopic (exact) mass is 383 g/mol. The van der Waals surface area contributed by atoms with Crippen molar-refractivity contribution in [3.05, 3.63) is 47.8 Å². The number of hydrogen-bond acceptors (Lipinski definition) is 5. The fraction of sp³-hybridized carbons (Fsp3) is 0.450. The number of benzene rings is 1. The van der Waals surface area contributed by atoms with E-state index in [0.717, 1.165) is 57.8 Å². The molecule has 1 aromatic heterocycles. The van der Waals surface area contributed by atoms with E-state index >= 15 is 0 Å². The third-order valence-electron chi connectivity index (χ3n) is 5.28. The third-order valence-corrected chi connectivity index (χ3v) is 5.28. The van der Waals surface area contributed by atoms with Crippen LogP contribution in [0.3, 0.4) is 0 Å². The second kappa shape index (κ2) is 8.53. The molecule has 2 N–H and O–H groups in total. The van der Waals surface area contributed by atoms with Gasteiger partial charge < -0.3 is 15.4 Å². The maximum atomic E-state index is 12.3. The molecule has 2 amide bonds. The number of morpholine rings is 1. The molecule has 4 rings (SSSR count). The average Bonchev–Trinajstić information content (AvgIpc) is 3.34. The summed E-state index contributed by atoms with van der Waals surface area (Å²) in [5, 5.41) is 9.72. The summed E-state index contributed by atoms with van der Waals surface area (Å²) in [5.41, 5.74) is 2.85. The Morgan fingerprint density at radius 1 is 1.14 bits per heavy atom. The van der Waals surface area contributed by atoms with Gasteiger partial charge in [-0.3, -0.25) is 19.2 Å². The van der Waals surface area contributed by atoms with Gasteiger partial charge in [-0.25, -0.2) is 0 Å². The number of nitrogens with zero attached hydrogens (tertiary/aromatic N) is 3. The van der Waals surface area contributed by atoms with Crippen LogP contribution in [0.5, 0.6) is 0 Å². The van der Waals surface area contributed by atoms with E-state index in [1.54, 1.807) is 17.1 Å². The number of aryl methyl sites for hydroxylation is 1. The zero-order valence-corrected chi connectivity index (χ0v) is 15.8. The van der Waals surface area contributed by atoms with Gasteiger partial charge in [-0.15, -0.1) is 0 Å². The number of amides is 2. The number of aromatic nitrogens is 2. The molecular weight excluding hydrogens is 358 g/mol. The molecule has 28 heavy (non-hydrogen) atoms. The summed E-state index contributed by atoms with van der Waals surface area (Å²) in [6, 6.07) is 7.91. The molecule has 0 spiro atoms. The van der Waals surface area contributed by atoms with Crippen molar-refractivity contribution in [3.63, 3.8) is 0 Å². The molecule has 1 aliphatic heterocycles. The molecule has 2 heterocycles. The van der Waals surface area contributed by atoms with Crippen molar-refractivity contribution in [2.45, 2.75) is 25.4 Å². The van der Waals surface area contributed by atoms with Crippen LogP contribution in [0.25, 0.3) is 0 Å². The van der Waals surface area contributed by atoms with Crippen LogP contribution in [0.4, 0.5) is 5.69 Å². The summed E-state index contributed by atoms with van der Waals surface area (Å²) in [6.45, 7) is 4.98. The molecular formula is C20H25N5O3. The van der Waals surface area contributed by atoms with Crippen molar-refractivity contribution < 1.29 is 14.3 Å². The van der Waals surface area contributed by atoms with Gasteiger partial charge in [0.15, 0.2) is 0 Å². The Hall–Kier alpha value is -2.71. The zero-order valence-electron chi connectivity index (χ0n) is 15.8. The quantitative estimate of drug-likeness (QED) is 0.751. The van der Waals surface area contributed by atoms with Gasteiger partial charge in [0.2, 0.25) is 0 Å². The molecule has 0 unspecified atom stereocenters. The van der Waals surface area contributed by atoms with E-state index in [4.69, 9.17) is 4.74 Å². The van der Waals surface area contributed by atoms with Crippen LogP contribution in [-0.2, 0) is 27.3 Å². The van der Waals surface area contributed by atoms with Gasteiger partial charge >= 0.3 is 11.8 Å². The van der Waals surface area contributed by atoms with Gasteiger partial charge in [-0.05, 0) is 24.0 Å². The molecule has 1 saturated heterocycles. The van der Waals surface area contributed by atoms with Crippen LogP contribution in [0.1, 0.15) is 23.6 Å². The molecule has 8 nitrogen and oxygen atoms in total. The fourth-order valence-corrected chi connectivity index (χ4v) is 3.74. The number of carbonyl (C=O) groups is 2. The molecule has 0 bridgehead atoms. The van der Waals surface area contributed by atoms with E-state index in [9.17, 15) is 9.59 Å². The lowest BCUT2D eigenvalue weighted by Crippen LogP contribution is -2.38. The maximum absolute atomic E-state index is 12.3. The van der Waals surface area contributed by atoms with Gasteiger partial charge in [0.05, 0.1) is 37.7 Å². The standard InChI is InChI=1S/C20H25N5O3/c26-19(20(27)23-18-6-5-15-3-1-2-4-17(15)18)22-16-13-21-25(14-16)8-7-24-9-11-28-12-10-24/h1-4,13-14,18H,5-12H2,(H,22,26)(H,23,27)/t18-/m1/s1. The highest BCUT2D eigenvalue weighted by Gasteiger charge is 2.26. The summed E-state index contributed by atoms with van der Waals surface area (Å²) in [4.78, 5) is 26.8. The van der Waals surface area contributed by atoms with Gasteiger partial charge in [0.25, 0.3) is 0 Å². The fourth-order valence-electron chi connectivity index (χ4n) is 3.74. The highest BCUT2D eigenvalue weighted by atomic mass is 16.5. The molecule has 1 aliphatic carbocycles. The lowest BCUT2D eigenvalue weighted by molar-refractivity contribution is -0.136. The minimum Gasteiger partial charge on any atom is -0.379 e. The predicted molar refractivity (Wildman–Crippen MR) is 104 cm³/mol. The van der Waals surface area contributed by atoms with Gasteiger partial charge in [-0.1, -0.05) is 24.3 Å². The number of fused-ring (bicyclic) bond motifs is 1. The van der Waals surface area contributed by atoms with E-state index in [1.807, 2.05) is 18.2 Å². The van der Waals surface area contributed by atoms with Crippen molar-refractivity contribution in [2.75, 3.05) is 38.2 Å². The van der Waals surface area contributed by atoms with Crippen molar-refractivity contribution in [1.82, 2.24) is 20.0 Å². The Kier molecular flexibility index (Phi) is 5.68. The maximum Gasteiger partial charge on any atom is 0.313 e. The van der Waals surface area contributed by atoms with Gasteiger partial charge in [0.1, 0.15) is 0 Å². The highest BCUT2D eigenvalue weighted by molar-refractivity contribution is 6.39. The average molecular weight is 383 g/mol. The second-order valence-corrected chi connectivity index (χ2v) is 7.16. The number of hydrogen-bond donors (Lipinski definition) is 2. The predicted octanol–water partition coefficient (Wildman–Crippen LogP) is 0.958. The molecule has 2 aromatic rings. The molecule has 1 fully saturated rings. The van der Waals surface area contributed by atoms with E-state index in [1.165, 1.54) is 5.56 Å². The van der Waals surface area contributed by atoms with Crippen LogP contribution in [0.2, 0.25) is 0 Å². The zero-order chi connectivity index (χ0) is 19.3. The number of nitrogens with one attached hydrogen (secondary N) is 2. The van der Waals surface area contributed by atoms with Crippen LogP contribution in [0, 0.1) is 0 Å². The van der Waals surface area contributed by atoms with Crippen molar-refractivity contribution in [2.24, 2.45) is 0 Å². The Morgan fingerprint density at radius 2 is 1.96 bits per heavy atom. The summed E-state index contributed by atoms with van der Waals surface area (Å²) in [5.74, 6) is -1.29. The molecule has 0 radical (unpaired) electrons. The van der Waals surface area contributed by atoms with Crippen molar-refractivity contribution in [3.8, 4) is 0 Å². The first-order valence-electron chi connectivity index (χ1n) is 9.71. The first kappa shape index (κ1) is 18.6. The van der Waals surface area contributed by atoms with E-state index < -0.39 is 11.8 Å². The number of carbonyl (C=O) groups excluding carboxylic acids is 2. The summed E-state index contributed by atoms with van der Waals surface area (Å²) < 4.78 is 7.11. The normalized spacial score (nSPS) is 19.2. The Balaban J connectivity index is 1.26. The van der Waals surface area contributed by atoms with Crippen molar-refractivity contribution >= 4 is 17.5 Å². The summed E-state index contributed by atoms with van der Waals surface area (Å²) >= 11 is 0. The molecule has 148 valence electrons.